The van der Waals surface area contributed by atoms with E-state index >= 15 is 0 Å². The highest BCUT2D eigenvalue weighted by Crippen LogP contribution is 2.24. The van der Waals surface area contributed by atoms with Crippen molar-refractivity contribution in [2.75, 3.05) is 5.75 Å². The van der Waals surface area contributed by atoms with Gasteiger partial charge >= 0.3 is 0 Å². The minimum Gasteiger partial charge on any atom is -0.323 e. The van der Waals surface area contributed by atoms with Crippen molar-refractivity contribution >= 4 is 23.4 Å². The normalized spacial score (nSPS) is 12.4. The molecule has 0 heterocycles. The van der Waals surface area contributed by atoms with Gasteiger partial charge < -0.3 is 5.73 Å². The summed E-state index contributed by atoms with van der Waals surface area (Å²) in [5.41, 5.74) is 7.10. The summed E-state index contributed by atoms with van der Waals surface area (Å²) in [5.74, 6) is 0.477. The third-order valence-electron chi connectivity index (χ3n) is 2.52. The van der Waals surface area contributed by atoms with Crippen LogP contribution >= 0.6 is 23.4 Å². The number of hydrogen-bond acceptors (Lipinski definition) is 2. The lowest BCUT2D eigenvalue weighted by atomic mass is 10.1. The van der Waals surface area contributed by atoms with E-state index in [1.54, 1.807) is 17.8 Å². The Morgan fingerprint density at radius 3 is 2.56 bits per heavy atom. The van der Waals surface area contributed by atoms with Crippen molar-refractivity contribution in [1.82, 2.24) is 0 Å². The molecule has 0 saturated carbocycles. The van der Waals surface area contributed by atoms with E-state index in [4.69, 9.17) is 17.3 Å². The number of thioether (sulfide) groups is 1. The van der Waals surface area contributed by atoms with Gasteiger partial charge in [-0.15, -0.1) is 11.8 Å². The van der Waals surface area contributed by atoms with Crippen molar-refractivity contribution in [1.29, 1.82) is 0 Å². The average molecular weight is 282 g/mol. The van der Waals surface area contributed by atoms with Crippen molar-refractivity contribution in [3.63, 3.8) is 0 Å². The van der Waals surface area contributed by atoms with E-state index in [0.717, 1.165) is 10.5 Å². The molecule has 2 aromatic carbocycles. The number of benzene rings is 2. The maximum Gasteiger partial charge on any atom is 0.124 e. The van der Waals surface area contributed by atoms with E-state index in [1.807, 2.05) is 30.3 Å². The first-order valence-electron chi connectivity index (χ1n) is 5.54. The zero-order chi connectivity index (χ0) is 13.0. The van der Waals surface area contributed by atoms with E-state index < -0.39 is 0 Å². The number of halogens is 2. The molecule has 1 unspecified atom stereocenters. The molecule has 4 heteroatoms. The average Bonchev–Trinajstić information content (AvgIpc) is 2.37. The minimum atomic E-state index is -0.222. The molecule has 1 atom stereocenters. The summed E-state index contributed by atoms with van der Waals surface area (Å²) in [6.07, 6.45) is 0. The highest BCUT2D eigenvalue weighted by atomic mass is 35.5. The first kappa shape index (κ1) is 13.4. The zero-order valence-electron chi connectivity index (χ0n) is 9.64. The van der Waals surface area contributed by atoms with Gasteiger partial charge in [0.1, 0.15) is 5.82 Å². The Morgan fingerprint density at radius 2 is 1.89 bits per heavy atom. The fraction of sp³-hybridized carbons (Fsp3) is 0.143. The summed E-state index contributed by atoms with van der Waals surface area (Å²) in [6, 6.07) is 13.9. The topological polar surface area (TPSA) is 26.0 Å². The molecule has 0 aromatic heterocycles. The molecule has 0 aliphatic rings. The van der Waals surface area contributed by atoms with Gasteiger partial charge in [-0.3, -0.25) is 0 Å². The predicted octanol–water partition coefficient (Wildman–Crippen LogP) is 4.27. The van der Waals surface area contributed by atoms with E-state index in [1.165, 1.54) is 12.1 Å². The van der Waals surface area contributed by atoms with Gasteiger partial charge in [0.05, 0.1) is 0 Å². The highest BCUT2D eigenvalue weighted by Gasteiger charge is 2.07. The first-order chi connectivity index (χ1) is 8.65. The summed E-state index contributed by atoms with van der Waals surface area (Å²) in [5, 5.41) is 0.698. The summed E-state index contributed by atoms with van der Waals surface area (Å²) in [4.78, 5) is 0.888. The molecule has 0 bridgehead atoms. The van der Waals surface area contributed by atoms with Gasteiger partial charge in [0.15, 0.2) is 0 Å². The van der Waals surface area contributed by atoms with Crippen LogP contribution in [0.4, 0.5) is 4.39 Å². The fourth-order valence-corrected chi connectivity index (χ4v) is 2.61. The number of hydrogen-bond donors (Lipinski definition) is 1. The third kappa shape index (κ3) is 3.73. The van der Waals surface area contributed by atoms with Crippen LogP contribution in [-0.2, 0) is 0 Å². The summed E-state index contributed by atoms with van der Waals surface area (Å²) in [6.45, 7) is 0. The molecule has 2 rings (SSSR count). The molecule has 2 N–H and O–H groups in total. The van der Waals surface area contributed by atoms with Gasteiger partial charge in [-0.05, 0) is 35.9 Å². The van der Waals surface area contributed by atoms with Crippen LogP contribution in [0, 0.1) is 5.82 Å². The lowest BCUT2D eigenvalue weighted by molar-refractivity contribution is 0.624. The van der Waals surface area contributed by atoms with Crippen LogP contribution in [-0.4, -0.2) is 5.75 Å². The molecule has 1 nitrogen and oxygen atoms in total. The maximum absolute atomic E-state index is 13.0. The van der Waals surface area contributed by atoms with Crippen molar-refractivity contribution < 1.29 is 4.39 Å². The van der Waals surface area contributed by atoms with E-state index in [2.05, 4.69) is 0 Å². The molecule has 0 spiro atoms. The zero-order valence-corrected chi connectivity index (χ0v) is 11.2. The molecular weight excluding hydrogens is 269 g/mol. The fourth-order valence-electron chi connectivity index (χ4n) is 1.55. The van der Waals surface area contributed by atoms with Gasteiger partial charge in [-0.25, -0.2) is 4.39 Å². The summed E-state index contributed by atoms with van der Waals surface area (Å²) in [7, 11) is 0. The summed E-state index contributed by atoms with van der Waals surface area (Å²) < 4.78 is 13.0. The van der Waals surface area contributed by atoms with E-state index in [-0.39, 0.29) is 11.9 Å². The minimum absolute atomic E-state index is 0.0875. The van der Waals surface area contributed by atoms with Gasteiger partial charge in [-0.1, -0.05) is 29.8 Å². The second kappa shape index (κ2) is 6.23. The molecule has 0 saturated heterocycles. The number of nitrogens with two attached hydrogens (primary N) is 1. The Balaban J connectivity index is 1.96. The van der Waals surface area contributed by atoms with Crippen molar-refractivity contribution in [2.24, 2.45) is 5.73 Å². The lowest BCUT2D eigenvalue weighted by Crippen LogP contribution is -2.12. The largest absolute Gasteiger partial charge is 0.323 e. The van der Waals surface area contributed by atoms with Crippen LogP contribution < -0.4 is 5.73 Å². The molecular formula is C14H13ClFNS. The highest BCUT2D eigenvalue weighted by molar-refractivity contribution is 7.99. The van der Waals surface area contributed by atoms with E-state index in [9.17, 15) is 4.39 Å². The first-order valence-corrected chi connectivity index (χ1v) is 6.91. The van der Waals surface area contributed by atoms with Crippen molar-refractivity contribution in [3.05, 3.63) is 64.9 Å². The van der Waals surface area contributed by atoms with Gasteiger partial charge in [0.25, 0.3) is 0 Å². The Kier molecular flexibility index (Phi) is 4.64. The van der Waals surface area contributed by atoms with Crippen molar-refractivity contribution in [2.45, 2.75) is 10.9 Å². The second-order valence-corrected chi connectivity index (χ2v) is 5.46. The molecule has 94 valence electrons. The molecule has 0 aliphatic heterocycles. The quantitative estimate of drug-likeness (QED) is 0.847. The molecule has 0 fully saturated rings. The number of rotatable bonds is 4. The lowest BCUT2D eigenvalue weighted by Gasteiger charge is -2.11. The standard InChI is InChI=1S/C14H13ClFNS/c15-11-6-4-10(5-7-11)14(17)9-18-13-3-1-2-12(16)8-13/h1-8,14H,9,17H2. The van der Waals surface area contributed by atoms with Crippen molar-refractivity contribution in [3.8, 4) is 0 Å². The van der Waals surface area contributed by atoms with Gasteiger partial charge in [0.2, 0.25) is 0 Å². The van der Waals surface area contributed by atoms with Crippen LogP contribution in [0.3, 0.4) is 0 Å². The Morgan fingerprint density at radius 1 is 1.17 bits per heavy atom. The molecule has 0 aliphatic carbocycles. The predicted molar refractivity (Wildman–Crippen MR) is 75.5 cm³/mol. The van der Waals surface area contributed by atoms with Crippen LogP contribution in [0.1, 0.15) is 11.6 Å². The third-order valence-corrected chi connectivity index (χ3v) is 3.89. The smallest absolute Gasteiger partial charge is 0.124 e. The Hall–Kier alpha value is -1.03. The van der Waals surface area contributed by atoms with Crippen LogP contribution in [0.2, 0.25) is 5.02 Å². The second-order valence-electron chi connectivity index (χ2n) is 3.93. The Bertz CT molecular complexity index is 515. The monoisotopic (exact) mass is 281 g/mol. The van der Waals surface area contributed by atoms with Crippen LogP contribution in [0.5, 0.6) is 0 Å². The van der Waals surface area contributed by atoms with Gasteiger partial charge in [0, 0.05) is 21.7 Å². The molecule has 2 aromatic rings. The SMILES string of the molecule is NC(CSc1cccc(F)c1)c1ccc(Cl)cc1. The van der Waals surface area contributed by atoms with E-state index in [0.29, 0.717) is 10.8 Å². The Labute approximate surface area is 115 Å². The molecule has 0 radical (unpaired) electrons. The maximum atomic E-state index is 13.0. The van der Waals surface area contributed by atoms with Crippen LogP contribution in [0.25, 0.3) is 0 Å². The molecule has 18 heavy (non-hydrogen) atoms. The molecule has 0 amide bonds. The van der Waals surface area contributed by atoms with Crippen LogP contribution in [0.15, 0.2) is 53.4 Å². The summed E-state index contributed by atoms with van der Waals surface area (Å²) >= 11 is 7.36. The van der Waals surface area contributed by atoms with Gasteiger partial charge in [-0.2, -0.15) is 0 Å².